The summed E-state index contributed by atoms with van der Waals surface area (Å²) in [6.45, 7) is 0.292. The first kappa shape index (κ1) is 13.4. The second-order valence-corrected chi connectivity index (χ2v) is 4.48. The van der Waals surface area contributed by atoms with E-state index in [4.69, 9.17) is 22.1 Å². The van der Waals surface area contributed by atoms with Crippen LogP contribution < -0.4 is 5.73 Å². The first-order valence-corrected chi connectivity index (χ1v) is 6.15. The predicted octanol–water partition coefficient (Wildman–Crippen LogP) is 2.06. The number of nitrogens with zero attached hydrogens (tertiary/aromatic N) is 2. The number of ether oxygens (including phenoxy) is 1. The number of nitrogen functional groups attached to an aromatic ring is 1. The highest BCUT2D eigenvalue weighted by atomic mass is 35.5. The Morgan fingerprint density at radius 2 is 2.26 bits per heavy atom. The minimum atomic E-state index is -0.413. The zero-order chi connectivity index (χ0) is 13.8. The summed E-state index contributed by atoms with van der Waals surface area (Å²) in [4.78, 5) is 11.8. The standard InChI is InChI=1S/C13H14ClN3O2/c1-17-10(4-6-16-17)5-7-19-13(18)9-2-3-12(15)11(14)8-9/h2-4,6,8H,5,7,15H2,1H3. The van der Waals surface area contributed by atoms with Crippen LogP contribution in [0, 0.1) is 0 Å². The van der Waals surface area contributed by atoms with Gasteiger partial charge in [-0.05, 0) is 24.3 Å². The second-order valence-electron chi connectivity index (χ2n) is 4.07. The molecule has 2 rings (SSSR count). The van der Waals surface area contributed by atoms with Gasteiger partial charge in [-0.3, -0.25) is 4.68 Å². The van der Waals surface area contributed by atoms with Gasteiger partial charge in [0.2, 0.25) is 0 Å². The predicted molar refractivity (Wildman–Crippen MR) is 73.1 cm³/mol. The molecule has 0 atom stereocenters. The molecular formula is C13H14ClN3O2. The van der Waals surface area contributed by atoms with Gasteiger partial charge in [0.1, 0.15) is 0 Å². The molecule has 2 N–H and O–H groups in total. The van der Waals surface area contributed by atoms with Gasteiger partial charge in [0.05, 0.1) is 22.9 Å². The highest BCUT2D eigenvalue weighted by Crippen LogP contribution is 2.20. The molecule has 0 fully saturated rings. The molecule has 0 spiro atoms. The van der Waals surface area contributed by atoms with Gasteiger partial charge < -0.3 is 10.5 Å². The first-order valence-electron chi connectivity index (χ1n) is 5.77. The SMILES string of the molecule is Cn1nccc1CCOC(=O)c1ccc(N)c(Cl)c1. The van der Waals surface area contributed by atoms with Gasteiger partial charge in [0.25, 0.3) is 0 Å². The minimum absolute atomic E-state index is 0.292. The Hall–Kier alpha value is -2.01. The van der Waals surface area contributed by atoms with E-state index in [1.54, 1.807) is 23.0 Å². The average molecular weight is 280 g/mol. The van der Waals surface area contributed by atoms with E-state index >= 15 is 0 Å². The fourth-order valence-corrected chi connectivity index (χ4v) is 1.81. The smallest absolute Gasteiger partial charge is 0.338 e. The molecule has 19 heavy (non-hydrogen) atoms. The molecule has 0 saturated carbocycles. The summed E-state index contributed by atoms with van der Waals surface area (Å²) >= 11 is 5.85. The number of hydrogen-bond acceptors (Lipinski definition) is 4. The molecule has 0 unspecified atom stereocenters. The maximum atomic E-state index is 11.8. The molecule has 0 aliphatic rings. The van der Waals surface area contributed by atoms with E-state index in [1.807, 2.05) is 13.1 Å². The number of esters is 1. The number of nitrogens with two attached hydrogens (primary N) is 1. The van der Waals surface area contributed by atoms with Crippen molar-refractivity contribution in [1.29, 1.82) is 0 Å². The summed E-state index contributed by atoms with van der Waals surface area (Å²) < 4.78 is 6.92. The van der Waals surface area contributed by atoms with Crippen LogP contribution in [0.4, 0.5) is 5.69 Å². The van der Waals surface area contributed by atoms with Crippen molar-refractivity contribution in [2.75, 3.05) is 12.3 Å². The third-order valence-electron chi connectivity index (χ3n) is 2.75. The van der Waals surface area contributed by atoms with Gasteiger partial charge >= 0.3 is 5.97 Å². The van der Waals surface area contributed by atoms with E-state index in [-0.39, 0.29) is 0 Å². The minimum Gasteiger partial charge on any atom is -0.462 e. The summed E-state index contributed by atoms with van der Waals surface area (Å²) in [7, 11) is 1.84. The van der Waals surface area contributed by atoms with Crippen LogP contribution in [0.15, 0.2) is 30.5 Å². The zero-order valence-electron chi connectivity index (χ0n) is 10.5. The zero-order valence-corrected chi connectivity index (χ0v) is 11.2. The molecule has 6 heteroatoms. The van der Waals surface area contributed by atoms with Crippen molar-refractivity contribution in [3.8, 4) is 0 Å². The lowest BCUT2D eigenvalue weighted by atomic mass is 10.2. The van der Waals surface area contributed by atoms with E-state index in [9.17, 15) is 4.79 Å². The summed E-state index contributed by atoms with van der Waals surface area (Å²) in [6.07, 6.45) is 2.32. The van der Waals surface area contributed by atoms with Crippen molar-refractivity contribution in [1.82, 2.24) is 9.78 Å². The van der Waals surface area contributed by atoms with Crippen LogP contribution in [-0.4, -0.2) is 22.4 Å². The Labute approximate surface area is 115 Å². The number of carbonyl (C=O) groups excluding carboxylic acids is 1. The lowest BCUT2D eigenvalue weighted by Crippen LogP contribution is -2.10. The first-order chi connectivity index (χ1) is 9.08. The second kappa shape index (κ2) is 5.75. The molecule has 100 valence electrons. The van der Waals surface area contributed by atoms with Gasteiger partial charge in [0, 0.05) is 25.4 Å². The fourth-order valence-electron chi connectivity index (χ4n) is 1.63. The maximum Gasteiger partial charge on any atom is 0.338 e. The number of anilines is 1. The Bertz CT molecular complexity index is 595. The van der Waals surface area contributed by atoms with Gasteiger partial charge in [-0.25, -0.2) is 4.79 Å². The monoisotopic (exact) mass is 279 g/mol. The number of aryl methyl sites for hydroxylation is 1. The molecule has 0 bridgehead atoms. The molecule has 0 radical (unpaired) electrons. The third kappa shape index (κ3) is 3.26. The highest BCUT2D eigenvalue weighted by Gasteiger charge is 2.09. The van der Waals surface area contributed by atoms with Crippen LogP contribution >= 0.6 is 11.6 Å². The van der Waals surface area contributed by atoms with E-state index in [0.29, 0.717) is 29.3 Å². The third-order valence-corrected chi connectivity index (χ3v) is 3.08. The van der Waals surface area contributed by atoms with Crippen LogP contribution in [0.25, 0.3) is 0 Å². The Morgan fingerprint density at radius 1 is 1.47 bits per heavy atom. The Balaban J connectivity index is 1.91. The van der Waals surface area contributed by atoms with Crippen LogP contribution in [0.3, 0.4) is 0 Å². The molecule has 1 heterocycles. The van der Waals surface area contributed by atoms with E-state index < -0.39 is 5.97 Å². The van der Waals surface area contributed by atoms with Gasteiger partial charge in [0.15, 0.2) is 0 Å². The van der Waals surface area contributed by atoms with Crippen LogP contribution in [0.2, 0.25) is 5.02 Å². The van der Waals surface area contributed by atoms with Crippen molar-refractivity contribution < 1.29 is 9.53 Å². The van der Waals surface area contributed by atoms with E-state index in [2.05, 4.69) is 5.10 Å². The molecule has 1 aromatic heterocycles. The van der Waals surface area contributed by atoms with Crippen molar-refractivity contribution in [2.45, 2.75) is 6.42 Å². The number of halogens is 1. The van der Waals surface area contributed by atoms with E-state index in [1.165, 1.54) is 6.07 Å². The summed E-state index contributed by atoms with van der Waals surface area (Å²) in [5.41, 5.74) is 7.41. The maximum absolute atomic E-state index is 11.8. The van der Waals surface area contributed by atoms with Crippen LogP contribution in [0.1, 0.15) is 16.1 Å². The summed E-state index contributed by atoms with van der Waals surface area (Å²) in [5.74, 6) is -0.413. The quantitative estimate of drug-likeness (QED) is 0.687. The number of benzene rings is 1. The summed E-state index contributed by atoms with van der Waals surface area (Å²) in [5, 5.41) is 4.39. The number of rotatable bonds is 4. The van der Waals surface area contributed by atoms with Crippen molar-refractivity contribution >= 4 is 23.3 Å². The number of hydrogen-bond donors (Lipinski definition) is 1. The Morgan fingerprint density at radius 3 is 2.89 bits per heavy atom. The van der Waals surface area contributed by atoms with Crippen molar-refractivity contribution in [3.05, 3.63) is 46.7 Å². The normalized spacial score (nSPS) is 10.4. The van der Waals surface area contributed by atoms with E-state index in [0.717, 1.165) is 5.69 Å². The van der Waals surface area contributed by atoms with Crippen molar-refractivity contribution in [3.63, 3.8) is 0 Å². The lowest BCUT2D eigenvalue weighted by Gasteiger charge is -2.06. The largest absolute Gasteiger partial charge is 0.462 e. The highest BCUT2D eigenvalue weighted by molar-refractivity contribution is 6.33. The molecular weight excluding hydrogens is 266 g/mol. The molecule has 0 saturated heterocycles. The number of carbonyl (C=O) groups is 1. The van der Waals surface area contributed by atoms with Gasteiger partial charge in [-0.1, -0.05) is 11.6 Å². The summed E-state index contributed by atoms with van der Waals surface area (Å²) in [6, 6.07) is 6.56. The lowest BCUT2D eigenvalue weighted by molar-refractivity contribution is 0.0507. The molecule has 5 nitrogen and oxygen atoms in total. The molecule has 0 amide bonds. The van der Waals surface area contributed by atoms with Gasteiger partial charge in [-0.2, -0.15) is 5.10 Å². The molecule has 1 aromatic carbocycles. The topological polar surface area (TPSA) is 70.1 Å². The van der Waals surface area contributed by atoms with Crippen LogP contribution in [-0.2, 0) is 18.2 Å². The van der Waals surface area contributed by atoms with Crippen LogP contribution in [0.5, 0.6) is 0 Å². The molecule has 0 aliphatic heterocycles. The van der Waals surface area contributed by atoms with Gasteiger partial charge in [-0.15, -0.1) is 0 Å². The molecule has 0 aliphatic carbocycles. The number of aromatic nitrogens is 2. The molecule has 2 aromatic rings. The average Bonchev–Trinajstić information content (AvgIpc) is 2.78. The Kier molecular flexibility index (Phi) is 4.06. The van der Waals surface area contributed by atoms with Crippen molar-refractivity contribution in [2.24, 2.45) is 7.05 Å². The fraction of sp³-hybridized carbons (Fsp3) is 0.231.